The van der Waals surface area contributed by atoms with Gasteiger partial charge in [-0.15, -0.1) is 0 Å². The Morgan fingerprint density at radius 2 is 1.86 bits per heavy atom. The Balaban J connectivity index is 1.87. The van der Waals surface area contributed by atoms with Crippen molar-refractivity contribution in [2.75, 3.05) is 39.0 Å². The molecule has 7 heteroatoms. The molecule has 0 aromatic heterocycles. The van der Waals surface area contributed by atoms with Crippen LogP contribution in [0.4, 0.5) is 0 Å². The molecule has 1 saturated heterocycles. The summed E-state index contributed by atoms with van der Waals surface area (Å²) in [5, 5.41) is 0. The number of rotatable bonds is 4. The van der Waals surface area contributed by atoms with Gasteiger partial charge in [0, 0.05) is 32.1 Å². The van der Waals surface area contributed by atoms with Gasteiger partial charge < -0.3 is 10.6 Å². The molecule has 1 amide bonds. The molecule has 2 fully saturated rings. The predicted molar refractivity (Wildman–Crippen MR) is 82.1 cm³/mol. The second-order valence-electron chi connectivity index (χ2n) is 6.29. The van der Waals surface area contributed by atoms with Crippen LogP contribution in [0.5, 0.6) is 0 Å². The van der Waals surface area contributed by atoms with E-state index in [0.717, 1.165) is 25.7 Å². The van der Waals surface area contributed by atoms with Crippen molar-refractivity contribution in [1.82, 2.24) is 9.21 Å². The van der Waals surface area contributed by atoms with Gasteiger partial charge in [0.25, 0.3) is 0 Å². The molecule has 0 aromatic carbocycles. The molecule has 0 bridgehead atoms. The van der Waals surface area contributed by atoms with E-state index in [4.69, 9.17) is 5.73 Å². The molecule has 2 rings (SSSR count). The first-order valence-electron chi connectivity index (χ1n) is 7.85. The third-order valence-corrected chi connectivity index (χ3v) is 6.03. The Bertz CT molecular complexity index is 456. The van der Waals surface area contributed by atoms with Gasteiger partial charge in [-0.1, -0.05) is 12.8 Å². The second-order valence-corrected chi connectivity index (χ2v) is 8.28. The highest BCUT2D eigenvalue weighted by atomic mass is 32.2. The van der Waals surface area contributed by atoms with E-state index in [-0.39, 0.29) is 11.8 Å². The number of nitrogens with zero attached hydrogens (tertiary/aromatic N) is 2. The topological polar surface area (TPSA) is 83.7 Å². The smallest absolute Gasteiger partial charge is 0.225 e. The quantitative estimate of drug-likeness (QED) is 0.805. The minimum Gasteiger partial charge on any atom is -0.340 e. The van der Waals surface area contributed by atoms with Crippen LogP contribution in [0.1, 0.15) is 32.1 Å². The molecule has 0 spiro atoms. The molecule has 0 radical (unpaired) electrons. The summed E-state index contributed by atoms with van der Waals surface area (Å²) in [5.41, 5.74) is 5.62. The summed E-state index contributed by atoms with van der Waals surface area (Å²) >= 11 is 0. The minimum atomic E-state index is -3.13. The van der Waals surface area contributed by atoms with E-state index < -0.39 is 10.0 Å². The van der Waals surface area contributed by atoms with Crippen LogP contribution in [-0.4, -0.2) is 62.5 Å². The molecule has 2 atom stereocenters. The Morgan fingerprint density at radius 1 is 1.19 bits per heavy atom. The van der Waals surface area contributed by atoms with Crippen LogP contribution >= 0.6 is 0 Å². The predicted octanol–water partition coefficient (Wildman–Crippen LogP) is 0.245. The Kier molecular flexibility index (Phi) is 5.62. The summed E-state index contributed by atoms with van der Waals surface area (Å²) < 4.78 is 24.4. The largest absolute Gasteiger partial charge is 0.340 e. The molecule has 2 unspecified atom stereocenters. The summed E-state index contributed by atoms with van der Waals surface area (Å²) in [6, 6.07) is 0. The maximum Gasteiger partial charge on any atom is 0.225 e. The number of amides is 1. The van der Waals surface area contributed by atoms with Gasteiger partial charge in [-0.25, -0.2) is 8.42 Å². The SMILES string of the molecule is CS(=O)(=O)N1CCN(C(=O)C2CCCC(CCN)C2)CC1. The van der Waals surface area contributed by atoms with Crippen molar-refractivity contribution in [2.24, 2.45) is 17.6 Å². The number of piperazine rings is 1. The van der Waals surface area contributed by atoms with Gasteiger partial charge in [-0.2, -0.15) is 4.31 Å². The zero-order chi connectivity index (χ0) is 15.5. The van der Waals surface area contributed by atoms with Crippen molar-refractivity contribution in [1.29, 1.82) is 0 Å². The van der Waals surface area contributed by atoms with Crippen molar-refractivity contribution in [3.05, 3.63) is 0 Å². The molecule has 1 heterocycles. The van der Waals surface area contributed by atoms with Crippen LogP contribution in [0.25, 0.3) is 0 Å². The number of carbonyl (C=O) groups is 1. The van der Waals surface area contributed by atoms with E-state index in [1.807, 2.05) is 4.90 Å². The molecule has 122 valence electrons. The van der Waals surface area contributed by atoms with Crippen molar-refractivity contribution in [2.45, 2.75) is 32.1 Å². The van der Waals surface area contributed by atoms with E-state index in [2.05, 4.69) is 0 Å². The second kappa shape index (κ2) is 7.07. The lowest BCUT2D eigenvalue weighted by molar-refractivity contribution is -0.138. The fourth-order valence-corrected chi connectivity index (χ4v) is 4.34. The van der Waals surface area contributed by atoms with Crippen molar-refractivity contribution >= 4 is 15.9 Å². The molecule has 2 N–H and O–H groups in total. The van der Waals surface area contributed by atoms with Gasteiger partial charge >= 0.3 is 0 Å². The third kappa shape index (κ3) is 4.40. The lowest BCUT2D eigenvalue weighted by Crippen LogP contribution is -2.52. The van der Waals surface area contributed by atoms with Crippen LogP contribution in [0, 0.1) is 11.8 Å². The van der Waals surface area contributed by atoms with Gasteiger partial charge in [0.15, 0.2) is 0 Å². The lowest BCUT2D eigenvalue weighted by atomic mass is 9.79. The third-order valence-electron chi connectivity index (χ3n) is 4.73. The standard InChI is InChI=1S/C14H27N3O3S/c1-21(19,20)17-9-7-16(8-10-17)14(18)13-4-2-3-12(11-13)5-6-15/h12-13H,2-11,15H2,1H3. The Morgan fingerprint density at radius 3 is 2.43 bits per heavy atom. The van der Waals surface area contributed by atoms with Crippen LogP contribution in [0.2, 0.25) is 0 Å². The van der Waals surface area contributed by atoms with Crippen LogP contribution in [-0.2, 0) is 14.8 Å². The molecular weight excluding hydrogens is 290 g/mol. The summed E-state index contributed by atoms with van der Waals surface area (Å²) in [5.74, 6) is 0.903. The lowest BCUT2D eigenvalue weighted by Gasteiger charge is -2.37. The maximum atomic E-state index is 12.6. The highest BCUT2D eigenvalue weighted by Gasteiger charge is 2.32. The van der Waals surface area contributed by atoms with Crippen LogP contribution < -0.4 is 5.73 Å². The van der Waals surface area contributed by atoms with Gasteiger partial charge in [0.05, 0.1) is 6.26 Å². The van der Waals surface area contributed by atoms with Gasteiger partial charge in [0.1, 0.15) is 0 Å². The van der Waals surface area contributed by atoms with E-state index >= 15 is 0 Å². The molecule has 21 heavy (non-hydrogen) atoms. The van der Waals surface area contributed by atoms with Gasteiger partial charge in [-0.3, -0.25) is 4.79 Å². The fraction of sp³-hybridized carbons (Fsp3) is 0.929. The average molecular weight is 317 g/mol. The van der Waals surface area contributed by atoms with Crippen molar-refractivity contribution in [3.63, 3.8) is 0 Å². The number of hydrogen-bond donors (Lipinski definition) is 1. The molecule has 1 saturated carbocycles. The monoisotopic (exact) mass is 317 g/mol. The molecular formula is C14H27N3O3S. The first-order valence-corrected chi connectivity index (χ1v) is 9.70. The zero-order valence-corrected chi connectivity index (χ0v) is 13.6. The number of carbonyl (C=O) groups excluding carboxylic acids is 1. The Hall–Kier alpha value is -0.660. The number of sulfonamides is 1. The average Bonchev–Trinajstić information content (AvgIpc) is 2.46. The molecule has 1 aliphatic carbocycles. The van der Waals surface area contributed by atoms with Crippen LogP contribution in [0.3, 0.4) is 0 Å². The molecule has 6 nitrogen and oxygen atoms in total. The first kappa shape index (κ1) is 16.7. The van der Waals surface area contributed by atoms with Gasteiger partial charge in [0.2, 0.25) is 15.9 Å². The zero-order valence-electron chi connectivity index (χ0n) is 12.8. The molecule has 1 aliphatic heterocycles. The summed E-state index contributed by atoms with van der Waals surface area (Å²) in [4.78, 5) is 14.4. The summed E-state index contributed by atoms with van der Waals surface area (Å²) in [7, 11) is -3.13. The van der Waals surface area contributed by atoms with E-state index in [1.165, 1.54) is 17.0 Å². The van der Waals surface area contributed by atoms with E-state index in [0.29, 0.717) is 38.6 Å². The summed E-state index contributed by atoms with van der Waals surface area (Å²) in [6.07, 6.45) is 6.43. The maximum absolute atomic E-state index is 12.6. The van der Waals surface area contributed by atoms with E-state index in [9.17, 15) is 13.2 Å². The number of nitrogens with two attached hydrogens (primary N) is 1. The molecule has 0 aromatic rings. The minimum absolute atomic E-state index is 0.111. The highest BCUT2D eigenvalue weighted by molar-refractivity contribution is 7.88. The fourth-order valence-electron chi connectivity index (χ4n) is 3.51. The van der Waals surface area contributed by atoms with E-state index in [1.54, 1.807) is 0 Å². The van der Waals surface area contributed by atoms with Crippen molar-refractivity contribution in [3.8, 4) is 0 Å². The normalized spacial score (nSPS) is 28.6. The number of hydrogen-bond acceptors (Lipinski definition) is 4. The summed E-state index contributed by atoms with van der Waals surface area (Å²) in [6.45, 7) is 2.57. The highest BCUT2D eigenvalue weighted by Crippen LogP contribution is 2.32. The Labute approximate surface area is 127 Å². The van der Waals surface area contributed by atoms with Crippen LogP contribution in [0.15, 0.2) is 0 Å². The van der Waals surface area contributed by atoms with Crippen molar-refractivity contribution < 1.29 is 13.2 Å². The molecule has 2 aliphatic rings. The first-order chi connectivity index (χ1) is 9.91. The van der Waals surface area contributed by atoms with Gasteiger partial charge in [-0.05, 0) is 31.7 Å².